The van der Waals surface area contributed by atoms with Crippen molar-refractivity contribution in [1.29, 1.82) is 0 Å². The number of nitrogens with one attached hydrogen (secondary N) is 2. The molecule has 0 fully saturated rings. The van der Waals surface area contributed by atoms with Gasteiger partial charge in [-0.3, -0.25) is 4.79 Å². The third kappa shape index (κ3) is 3.04. The van der Waals surface area contributed by atoms with Crippen molar-refractivity contribution in [2.45, 2.75) is 6.92 Å². The van der Waals surface area contributed by atoms with Crippen molar-refractivity contribution in [3.63, 3.8) is 0 Å². The molecule has 0 radical (unpaired) electrons. The number of halogens is 1. The molecule has 124 valence electrons. The van der Waals surface area contributed by atoms with Crippen LogP contribution in [0.3, 0.4) is 0 Å². The molecule has 7 nitrogen and oxygen atoms in total. The summed E-state index contributed by atoms with van der Waals surface area (Å²) < 4.78 is 18.9. The van der Waals surface area contributed by atoms with Gasteiger partial charge in [-0.25, -0.2) is 14.4 Å². The van der Waals surface area contributed by atoms with E-state index in [4.69, 9.17) is 9.52 Å². The molecule has 0 aliphatic rings. The van der Waals surface area contributed by atoms with Crippen molar-refractivity contribution in [2.24, 2.45) is 0 Å². The van der Waals surface area contributed by atoms with Gasteiger partial charge in [0, 0.05) is 12.2 Å². The van der Waals surface area contributed by atoms with E-state index >= 15 is 0 Å². The predicted molar refractivity (Wildman–Crippen MR) is 85.6 cm³/mol. The molecule has 1 amide bonds. The van der Waals surface area contributed by atoms with Crippen LogP contribution in [0, 0.1) is 12.7 Å². The third-order valence-electron chi connectivity index (χ3n) is 3.38. The summed E-state index contributed by atoms with van der Waals surface area (Å²) in [5.74, 6) is -0.0909. The van der Waals surface area contributed by atoms with Gasteiger partial charge < -0.3 is 20.2 Å². The molecule has 0 unspecified atom stereocenters. The summed E-state index contributed by atoms with van der Waals surface area (Å²) in [7, 11) is 0. The number of carbonyl (C=O) groups is 1. The van der Waals surface area contributed by atoms with E-state index in [2.05, 4.69) is 20.6 Å². The van der Waals surface area contributed by atoms with Crippen LogP contribution in [0.1, 0.15) is 16.1 Å². The highest BCUT2D eigenvalue weighted by molar-refractivity contribution is 6.10. The zero-order chi connectivity index (χ0) is 17.1. The summed E-state index contributed by atoms with van der Waals surface area (Å²) >= 11 is 0. The van der Waals surface area contributed by atoms with Crippen LogP contribution < -0.4 is 10.6 Å². The number of carbonyl (C=O) groups excluding carboxylic acids is 1. The van der Waals surface area contributed by atoms with Gasteiger partial charge in [0.05, 0.1) is 17.6 Å². The molecule has 3 N–H and O–H groups in total. The van der Waals surface area contributed by atoms with Gasteiger partial charge in [-0.15, -0.1) is 0 Å². The number of aryl methyl sites for hydroxylation is 1. The number of aromatic nitrogens is 2. The Hall–Kier alpha value is -3.00. The summed E-state index contributed by atoms with van der Waals surface area (Å²) in [6.45, 7) is 1.58. The molecule has 3 aromatic rings. The van der Waals surface area contributed by atoms with E-state index in [9.17, 15) is 9.18 Å². The Morgan fingerprint density at radius 1 is 1.38 bits per heavy atom. The van der Waals surface area contributed by atoms with Crippen LogP contribution in [-0.4, -0.2) is 34.1 Å². The fraction of sp³-hybridized carbons (Fsp3) is 0.188. The molecule has 2 heterocycles. The first-order valence-corrected chi connectivity index (χ1v) is 7.26. The molecule has 0 saturated carbocycles. The average molecular weight is 330 g/mol. The van der Waals surface area contributed by atoms with Gasteiger partial charge >= 0.3 is 0 Å². The van der Waals surface area contributed by atoms with Crippen LogP contribution in [0.2, 0.25) is 0 Å². The SMILES string of the molecule is Cc1oc2ncnc(Nc3cccc(F)c3)c2c1C(=O)NCCO. The number of aliphatic hydroxyl groups excluding tert-OH is 1. The van der Waals surface area contributed by atoms with E-state index in [0.29, 0.717) is 22.7 Å². The molecule has 0 saturated heterocycles. The number of aliphatic hydroxyl groups is 1. The number of benzene rings is 1. The number of furan rings is 1. The van der Waals surface area contributed by atoms with Gasteiger partial charge in [-0.2, -0.15) is 0 Å². The Kier molecular flexibility index (Phi) is 4.39. The van der Waals surface area contributed by atoms with Crippen LogP contribution in [0.15, 0.2) is 35.0 Å². The molecule has 0 bridgehead atoms. The van der Waals surface area contributed by atoms with E-state index in [1.807, 2.05) is 0 Å². The first-order chi connectivity index (χ1) is 11.6. The van der Waals surface area contributed by atoms with E-state index in [1.165, 1.54) is 18.5 Å². The Morgan fingerprint density at radius 3 is 2.96 bits per heavy atom. The highest BCUT2D eigenvalue weighted by atomic mass is 19.1. The van der Waals surface area contributed by atoms with Crippen LogP contribution in [0.4, 0.5) is 15.9 Å². The molecule has 8 heteroatoms. The molecule has 1 aromatic carbocycles. The van der Waals surface area contributed by atoms with Crippen LogP contribution >= 0.6 is 0 Å². The summed E-state index contributed by atoms with van der Waals surface area (Å²) in [6, 6.07) is 5.88. The number of hydrogen-bond donors (Lipinski definition) is 3. The van der Waals surface area contributed by atoms with E-state index in [-0.39, 0.29) is 24.4 Å². The van der Waals surface area contributed by atoms with Crippen molar-refractivity contribution < 1.29 is 18.7 Å². The van der Waals surface area contributed by atoms with Crippen molar-refractivity contribution >= 4 is 28.5 Å². The predicted octanol–water partition coefficient (Wildman–Crippen LogP) is 2.14. The van der Waals surface area contributed by atoms with Crippen LogP contribution in [-0.2, 0) is 0 Å². The number of amides is 1. The summed E-state index contributed by atoms with van der Waals surface area (Å²) in [4.78, 5) is 20.5. The third-order valence-corrected chi connectivity index (χ3v) is 3.38. The standard InChI is InChI=1S/C16H15FN4O3/c1-9-12(15(23)18-5-6-22)13-14(19-8-20-16(13)24-9)21-11-4-2-3-10(17)7-11/h2-4,7-8,22H,5-6H2,1H3,(H,18,23)(H,19,20,21). The van der Waals surface area contributed by atoms with Gasteiger partial charge in [-0.1, -0.05) is 6.07 Å². The minimum Gasteiger partial charge on any atom is -0.442 e. The molecular weight excluding hydrogens is 315 g/mol. The van der Waals surface area contributed by atoms with Crippen molar-refractivity contribution in [1.82, 2.24) is 15.3 Å². The largest absolute Gasteiger partial charge is 0.442 e. The average Bonchev–Trinajstić information content (AvgIpc) is 2.90. The Balaban J connectivity index is 2.06. The van der Waals surface area contributed by atoms with Gasteiger partial charge in [0.2, 0.25) is 5.71 Å². The molecule has 0 atom stereocenters. The first kappa shape index (κ1) is 15.9. The maximum Gasteiger partial charge on any atom is 0.255 e. The number of hydrogen-bond acceptors (Lipinski definition) is 6. The van der Waals surface area contributed by atoms with Gasteiger partial charge in [0.15, 0.2) is 0 Å². The molecule has 0 aliphatic carbocycles. The van der Waals surface area contributed by atoms with Gasteiger partial charge in [0.25, 0.3) is 5.91 Å². The fourth-order valence-corrected chi connectivity index (χ4v) is 2.37. The van der Waals surface area contributed by atoms with Crippen molar-refractivity contribution in [2.75, 3.05) is 18.5 Å². The first-order valence-electron chi connectivity index (χ1n) is 7.26. The smallest absolute Gasteiger partial charge is 0.255 e. The zero-order valence-electron chi connectivity index (χ0n) is 12.8. The molecular formula is C16H15FN4O3. The topological polar surface area (TPSA) is 100 Å². The van der Waals surface area contributed by atoms with Crippen LogP contribution in [0.25, 0.3) is 11.1 Å². The van der Waals surface area contributed by atoms with E-state index in [1.54, 1.807) is 19.1 Å². The Labute approximate surface area is 136 Å². The molecule has 3 rings (SSSR count). The maximum atomic E-state index is 13.4. The lowest BCUT2D eigenvalue weighted by molar-refractivity contribution is 0.0944. The van der Waals surface area contributed by atoms with E-state index < -0.39 is 11.7 Å². The number of anilines is 2. The zero-order valence-corrected chi connectivity index (χ0v) is 12.8. The summed E-state index contributed by atoms with van der Waals surface area (Å²) in [6.07, 6.45) is 1.29. The van der Waals surface area contributed by atoms with Gasteiger partial charge in [-0.05, 0) is 25.1 Å². The normalized spacial score (nSPS) is 10.8. The lowest BCUT2D eigenvalue weighted by Gasteiger charge is -2.08. The second-order valence-electron chi connectivity index (χ2n) is 5.05. The second-order valence-corrected chi connectivity index (χ2v) is 5.05. The summed E-state index contributed by atoms with van der Waals surface area (Å²) in [5, 5.41) is 14.8. The molecule has 24 heavy (non-hydrogen) atoms. The van der Waals surface area contributed by atoms with Gasteiger partial charge in [0.1, 0.15) is 23.7 Å². The molecule has 0 spiro atoms. The highest BCUT2D eigenvalue weighted by Crippen LogP contribution is 2.30. The monoisotopic (exact) mass is 330 g/mol. The Morgan fingerprint density at radius 2 is 2.21 bits per heavy atom. The van der Waals surface area contributed by atoms with Crippen molar-refractivity contribution in [3.8, 4) is 0 Å². The quantitative estimate of drug-likeness (QED) is 0.663. The fourth-order valence-electron chi connectivity index (χ4n) is 2.37. The molecule has 0 aliphatic heterocycles. The van der Waals surface area contributed by atoms with E-state index in [0.717, 1.165) is 0 Å². The minimum atomic E-state index is -0.405. The maximum absolute atomic E-state index is 13.4. The lowest BCUT2D eigenvalue weighted by Crippen LogP contribution is -2.26. The van der Waals surface area contributed by atoms with Crippen molar-refractivity contribution in [3.05, 3.63) is 47.7 Å². The second kappa shape index (κ2) is 6.63. The minimum absolute atomic E-state index is 0.116. The summed E-state index contributed by atoms with van der Waals surface area (Å²) in [5.41, 5.74) is 1.00. The number of nitrogens with zero attached hydrogens (tertiary/aromatic N) is 2. The number of rotatable bonds is 5. The molecule has 2 aromatic heterocycles. The Bertz CT molecular complexity index is 894. The van der Waals surface area contributed by atoms with Crippen LogP contribution in [0.5, 0.6) is 0 Å². The highest BCUT2D eigenvalue weighted by Gasteiger charge is 2.22. The lowest BCUT2D eigenvalue weighted by atomic mass is 10.1. The number of fused-ring (bicyclic) bond motifs is 1.